The van der Waals surface area contributed by atoms with Crippen molar-refractivity contribution in [1.82, 2.24) is 10.6 Å². The highest BCUT2D eigenvalue weighted by Crippen LogP contribution is 2.40. The zero-order valence-corrected chi connectivity index (χ0v) is 16.2. The highest BCUT2D eigenvalue weighted by molar-refractivity contribution is 7.80. The van der Waals surface area contributed by atoms with Crippen molar-refractivity contribution in [3.8, 4) is 0 Å². The van der Waals surface area contributed by atoms with Crippen molar-refractivity contribution in [2.24, 2.45) is 0 Å². The summed E-state index contributed by atoms with van der Waals surface area (Å²) in [4.78, 5) is 0. The second-order valence-corrected chi connectivity index (χ2v) is 6.54. The quantitative estimate of drug-likeness (QED) is 0.370. The molecule has 0 saturated heterocycles. The zero-order valence-electron chi connectivity index (χ0n) is 15.4. The van der Waals surface area contributed by atoms with Crippen LogP contribution in [-0.4, -0.2) is 25.3 Å². The first kappa shape index (κ1) is 19.1. The lowest BCUT2D eigenvalue weighted by atomic mass is 9.80. The average molecular weight is 377 g/mol. The Morgan fingerprint density at radius 1 is 0.778 bits per heavy atom. The van der Waals surface area contributed by atoms with Crippen LogP contribution in [0.1, 0.15) is 16.7 Å². The van der Waals surface area contributed by atoms with E-state index in [1.54, 1.807) is 7.05 Å². The Hall–Kier alpha value is -2.69. The molecule has 3 aromatic carbocycles. The lowest BCUT2D eigenvalue weighted by Gasteiger charge is -2.36. The number of ether oxygens (including phenoxy) is 1. The summed E-state index contributed by atoms with van der Waals surface area (Å²) < 4.78 is 6.63. The fourth-order valence-corrected chi connectivity index (χ4v) is 3.33. The smallest absolute Gasteiger partial charge is 0.166 e. The lowest BCUT2D eigenvalue weighted by Crippen LogP contribution is -2.38. The Balaban J connectivity index is 2.04. The first-order valence-corrected chi connectivity index (χ1v) is 9.44. The molecule has 0 amide bonds. The molecule has 0 radical (unpaired) electrons. The van der Waals surface area contributed by atoms with E-state index < -0.39 is 5.60 Å². The molecule has 0 atom stereocenters. The van der Waals surface area contributed by atoms with Gasteiger partial charge in [0.25, 0.3) is 0 Å². The van der Waals surface area contributed by atoms with E-state index in [0.29, 0.717) is 18.3 Å². The molecule has 0 aliphatic heterocycles. The second kappa shape index (κ2) is 9.31. The van der Waals surface area contributed by atoms with Crippen LogP contribution >= 0.6 is 12.2 Å². The van der Waals surface area contributed by atoms with Crippen LogP contribution in [0.3, 0.4) is 0 Å². The van der Waals surface area contributed by atoms with Gasteiger partial charge in [-0.05, 0) is 28.9 Å². The third-order valence-electron chi connectivity index (χ3n) is 4.47. The molecule has 27 heavy (non-hydrogen) atoms. The van der Waals surface area contributed by atoms with Crippen molar-refractivity contribution in [1.29, 1.82) is 0 Å². The molecule has 0 fully saturated rings. The molecule has 4 heteroatoms. The molecule has 3 rings (SSSR count). The molecule has 3 nitrogen and oxygen atoms in total. The molecule has 0 aromatic heterocycles. The molecular formula is C23H24N2OS. The van der Waals surface area contributed by atoms with Crippen molar-refractivity contribution >= 4 is 17.3 Å². The molecule has 138 valence electrons. The SMILES string of the molecule is CNC(=S)NCCOC(c1ccccc1)(c1ccccc1)c1ccccc1. The van der Waals surface area contributed by atoms with Crippen LogP contribution in [0.25, 0.3) is 0 Å². The van der Waals surface area contributed by atoms with E-state index in [-0.39, 0.29) is 0 Å². The Labute approximate surface area is 166 Å². The van der Waals surface area contributed by atoms with Crippen molar-refractivity contribution in [2.45, 2.75) is 5.60 Å². The Morgan fingerprint density at radius 2 is 1.19 bits per heavy atom. The molecule has 0 spiro atoms. The Bertz CT molecular complexity index is 741. The molecular weight excluding hydrogens is 352 g/mol. The summed E-state index contributed by atoms with van der Waals surface area (Å²) in [6.07, 6.45) is 0. The number of hydrogen-bond acceptors (Lipinski definition) is 2. The maximum atomic E-state index is 6.63. The van der Waals surface area contributed by atoms with Crippen LogP contribution < -0.4 is 10.6 Å². The number of hydrogen-bond donors (Lipinski definition) is 2. The van der Waals surface area contributed by atoms with Gasteiger partial charge in [0.2, 0.25) is 0 Å². The molecule has 0 unspecified atom stereocenters. The van der Waals surface area contributed by atoms with Crippen LogP contribution in [-0.2, 0) is 10.3 Å². The molecule has 0 aliphatic carbocycles. The summed E-state index contributed by atoms with van der Waals surface area (Å²) in [5, 5.41) is 6.69. The van der Waals surface area contributed by atoms with E-state index in [0.717, 1.165) is 16.7 Å². The molecule has 3 aromatic rings. The largest absolute Gasteiger partial charge is 0.366 e. The monoisotopic (exact) mass is 376 g/mol. The fourth-order valence-electron chi connectivity index (χ4n) is 3.23. The van der Waals surface area contributed by atoms with E-state index in [1.165, 1.54) is 0 Å². The fraction of sp³-hybridized carbons (Fsp3) is 0.174. The topological polar surface area (TPSA) is 33.3 Å². The summed E-state index contributed by atoms with van der Waals surface area (Å²) in [5.41, 5.74) is 2.60. The summed E-state index contributed by atoms with van der Waals surface area (Å²) in [7, 11) is 1.80. The molecule has 0 bridgehead atoms. The van der Waals surface area contributed by atoms with Crippen molar-refractivity contribution < 1.29 is 4.74 Å². The van der Waals surface area contributed by atoms with E-state index in [2.05, 4.69) is 47.0 Å². The van der Waals surface area contributed by atoms with E-state index in [1.807, 2.05) is 54.6 Å². The van der Waals surface area contributed by atoms with Crippen LogP contribution in [0.4, 0.5) is 0 Å². The lowest BCUT2D eigenvalue weighted by molar-refractivity contribution is 0.0164. The third kappa shape index (κ3) is 4.35. The van der Waals surface area contributed by atoms with Crippen LogP contribution in [0.15, 0.2) is 91.0 Å². The number of rotatable bonds is 7. The summed E-state index contributed by atoms with van der Waals surface area (Å²) in [6, 6.07) is 31.1. The Kier molecular flexibility index (Phi) is 6.58. The third-order valence-corrected chi connectivity index (χ3v) is 4.82. The minimum absolute atomic E-state index is 0.500. The first-order chi connectivity index (χ1) is 13.3. The van der Waals surface area contributed by atoms with Crippen LogP contribution in [0.5, 0.6) is 0 Å². The van der Waals surface area contributed by atoms with Gasteiger partial charge in [-0.2, -0.15) is 0 Å². The first-order valence-electron chi connectivity index (χ1n) is 9.03. The number of nitrogens with one attached hydrogen (secondary N) is 2. The van der Waals surface area contributed by atoms with E-state index in [9.17, 15) is 0 Å². The summed E-state index contributed by atoms with van der Waals surface area (Å²) in [5.74, 6) is 0. The zero-order chi connectivity index (χ0) is 19.0. The highest BCUT2D eigenvalue weighted by Gasteiger charge is 2.37. The van der Waals surface area contributed by atoms with Gasteiger partial charge >= 0.3 is 0 Å². The Morgan fingerprint density at radius 3 is 1.56 bits per heavy atom. The van der Waals surface area contributed by atoms with Gasteiger partial charge < -0.3 is 15.4 Å². The minimum Gasteiger partial charge on any atom is -0.366 e. The minimum atomic E-state index is -0.688. The number of benzene rings is 3. The van der Waals surface area contributed by atoms with Crippen LogP contribution in [0.2, 0.25) is 0 Å². The van der Waals surface area contributed by atoms with Crippen LogP contribution in [0, 0.1) is 0 Å². The van der Waals surface area contributed by atoms with Gasteiger partial charge in [-0.1, -0.05) is 91.0 Å². The van der Waals surface area contributed by atoms with Gasteiger partial charge in [0.05, 0.1) is 6.61 Å². The molecule has 2 N–H and O–H groups in total. The van der Waals surface area contributed by atoms with Gasteiger partial charge in [0.15, 0.2) is 5.11 Å². The maximum Gasteiger partial charge on any atom is 0.166 e. The van der Waals surface area contributed by atoms with E-state index in [4.69, 9.17) is 17.0 Å². The highest BCUT2D eigenvalue weighted by atomic mass is 32.1. The predicted octanol–water partition coefficient (Wildman–Crippen LogP) is 4.09. The van der Waals surface area contributed by atoms with Gasteiger partial charge in [-0.3, -0.25) is 0 Å². The van der Waals surface area contributed by atoms with Gasteiger partial charge in [-0.25, -0.2) is 0 Å². The number of thiocarbonyl (C=S) groups is 1. The summed E-state index contributed by atoms with van der Waals surface area (Å²) >= 11 is 5.16. The van der Waals surface area contributed by atoms with Crippen molar-refractivity contribution in [2.75, 3.05) is 20.2 Å². The molecule has 0 saturated carbocycles. The van der Waals surface area contributed by atoms with Gasteiger partial charge in [0, 0.05) is 13.6 Å². The van der Waals surface area contributed by atoms with Gasteiger partial charge in [-0.15, -0.1) is 0 Å². The average Bonchev–Trinajstić information content (AvgIpc) is 2.75. The normalized spacial score (nSPS) is 11.0. The second-order valence-electron chi connectivity index (χ2n) is 6.13. The van der Waals surface area contributed by atoms with Crippen molar-refractivity contribution in [3.63, 3.8) is 0 Å². The molecule has 0 heterocycles. The maximum absolute atomic E-state index is 6.63. The van der Waals surface area contributed by atoms with Gasteiger partial charge in [0.1, 0.15) is 5.60 Å². The van der Waals surface area contributed by atoms with Crippen molar-refractivity contribution in [3.05, 3.63) is 108 Å². The summed E-state index contributed by atoms with van der Waals surface area (Å²) in [6.45, 7) is 1.12. The predicted molar refractivity (Wildman–Crippen MR) is 115 cm³/mol. The van der Waals surface area contributed by atoms with E-state index >= 15 is 0 Å². The molecule has 0 aliphatic rings. The standard InChI is InChI=1S/C23H24N2OS/c1-24-22(27)25-17-18-26-23(19-11-5-2-6-12-19,20-13-7-3-8-14-20)21-15-9-4-10-16-21/h2-16H,17-18H2,1H3,(H2,24,25,27).